The molecule has 0 aromatic carbocycles. The summed E-state index contributed by atoms with van der Waals surface area (Å²) in [6.45, 7) is -0.424. The highest BCUT2D eigenvalue weighted by molar-refractivity contribution is 7.91. The summed E-state index contributed by atoms with van der Waals surface area (Å²) in [4.78, 5) is 11.0. The lowest BCUT2D eigenvalue weighted by Crippen LogP contribution is -2.55. The van der Waals surface area contributed by atoms with Gasteiger partial charge in [0.1, 0.15) is 0 Å². The van der Waals surface area contributed by atoms with Crippen LogP contribution < -0.4 is 5.73 Å². The van der Waals surface area contributed by atoms with Gasteiger partial charge in [0.15, 0.2) is 10.5 Å². The molecule has 0 spiro atoms. The first-order chi connectivity index (χ1) is 7.66. The highest BCUT2D eigenvalue weighted by Gasteiger charge is 2.47. The molecule has 18 heavy (non-hydrogen) atoms. The van der Waals surface area contributed by atoms with Crippen molar-refractivity contribution in [2.45, 2.75) is 10.5 Å². The molecule has 1 amide bonds. The lowest BCUT2D eigenvalue weighted by atomic mass is 10.2. The number of rotatable bonds is 6. The average molecular weight is 305 g/mol. The molecule has 0 aliphatic carbocycles. The summed E-state index contributed by atoms with van der Waals surface area (Å²) in [7, 11) is -5.38. The Morgan fingerprint density at radius 3 is 1.67 bits per heavy atom. The van der Waals surface area contributed by atoms with E-state index in [0.717, 1.165) is 0 Å². The monoisotopic (exact) mass is 305 g/mol. The highest BCUT2D eigenvalue weighted by Crippen LogP contribution is 2.15. The average Bonchev–Trinajstić information content (AvgIpc) is 1.94. The number of amides is 1. The van der Waals surface area contributed by atoms with Gasteiger partial charge in [-0.2, -0.15) is 16.8 Å². The van der Waals surface area contributed by atoms with Crippen LogP contribution in [0.4, 0.5) is 0 Å². The van der Waals surface area contributed by atoms with Gasteiger partial charge in [-0.3, -0.25) is 13.9 Å². The maximum Gasteiger partial charge on any atom is 0.278 e. The van der Waals surface area contributed by atoms with Crippen LogP contribution in [0, 0.1) is 0 Å². The zero-order valence-electron chi connectivity index (χ0n) is 10.1. The van der Waals surface area contributed by atoms with Crippen LogP contribution >= 0.6 is 0 Å². The molecule has 0 saturated carbocycles. The van der Waals surface area contributed by atoms with E-state index in [0.29, 0.717) is 0 Å². The van der Waals surface area contributed by atoms with Crippen LogP contribution in [0.3, 0.4) is 0 Å². The first kappa shape index (κ1) is 17.2. The Balaban J connectivity index is 5.79. The van der Waals surface area contributed by atoms with Crippen molar-refractivity contribution < 1.29 is 35.2 Å². The fraction of sp³-hybridized carbons (Fsp3) is 0.857. The van der Waals surface area contributed by atoms with Crippen molar-refractivity contribution in [1.29, 1.82) is 0 Å². The Hall–Kier alpha value is -0.750. The Morgan fingerprint density at radius 1 is 1.11 bits per heavy atom. The predicted molar refractivity (Wildman–Crippen MR) is 62.8 cm³/mol. The fourth-order valence-corrected chi connectivity index (χ4v) is 4.10. The summed E-state index contributed by atoms with van der Waals surface area (Å²) < 4.78 is 62.2. The molecule has 0 saturated heterocycles. The minimum atomic E-state index is -5.04. The van der Waals surface area contributed by atoms with E-state index < -0.39 is 43.2 Å². The number of hydrogen-bond acceptors (Lipinski definition) is 5. The molecule has 0 fully saturated rings. The number of carbonyl (C=O) groups excluding carboxylic acids is 1. The standard InChI is InChI=1S/C7H16N2O7S2/c1-9(2,3)4-5(17(11,12)13)6(7(8)10)18(14,15)16/h5-6H,4H2,1-3H3,(H3-,8,10,11,12,13,14,15,16)/p+1. The number of hydrogen-bond donors (Lipinski definition) is 3. The smallest absolute Gasteiger partial charge is 0.278 e. The fourth-order valence-electron chi connectivity index (χ4n) is 1.41. The van der Waals surface area contributed by atoms with E-state index in [2.05, 4.69) is 0 Å². The minimum Gasteiger partial charge on any atom is -0.368 e. The number of nitrogens with two attached hydrogens (primary N) is 1. The second-order valence-electron chi connectivity index (χ2n) is 4.86. The van der Waals surface area contributed by atoms with Crippen molar-refractivity contribution in [3.8, 4) is 0 Å². The topological polar surface area (TPSA) is 152 Å². The summed E-state index contributed by atoms with van der Waals surface area (Å²) in [5.74, 6) is -1.55. The second-order valence-corrected chi connectivity index (χ2v) is 8.04. The number of primary amides is 1. The van der Waals surface area contributed by atoms with Gasteiger partial charge in [-0.1, -0.05) is 0 Å². The third-order valence-corrected chi connectivity index (χ3v) is 4.61. The Kier molecular flexibility index (Phi) is 4.88. The van der Waals surface area contributed by atoms with E-state index in [-0.39, 0.29) is 4.48 Å². The molecule has 0 radical (unpaired) electrons. The predicted octanol–water partition coefficient (Wildman–Crippen LogP) is -2.31. The molecule has 11 heteroatoms. The van der Waals surface area contributed by atoms with Gasteiger partial charge in [0.2, 0.25) is 5.91 Å². The summed E-state index contributed by atoms with van der Waals surface area (Å²) in [5.41, 5.74) is 4.78. The molecule has 0 aliphatic heterocycles. The van der Waals surface area contributed by atoms with Gasteiger partial charge >= 0.3 is 0 Å². The summed E-state index contributed by atoms with van der Waals surface area (Å²) in [5, 5.41) is -4.45. The maximum atomic E-state index is 11.2. The molecule has 0 aromatic rings. The Labute approximate surface area is 106 Å². The van der Waals surface area contributed by atoms with Crippen LogP contribution in [0.1, 0.15) is 0 Å². The zero-order valence-corrected chi connectivity index (χ0v) is 11.8. The van der Waals surface area contributed by atoms with E-state index in [1.807, 2.05) is 0 Å². The van der Waals surface area contributed by atoms with E-state index in [1.54, 1.807) is 0 Å². The van der Waals surface area contributed by atoms with Crippen LogP contribution in [-0.4, -0.2) is 74.5 Å². The number of nitrogens with zero attached hydrogens (tertiary/aromatic N) is 1. The van der Waals surface area contributed by atoms with Gasteiger partial charge in [-0.25, -0.2) is 0 Å². The van der Waals surface area contributed by atoms with Crippen molar-refractivity contribution >= 4 is 26.1 Å². The quantitative estimate of drug-likeness (QED) is 0.368. The SMILES string of the molecule is C[N+](C)(C)CC(C(C(N)=O)S(=O)(=O)O)S(=O)(=O)O. The van der Waals surface area contributed by atoms with Crippen molar-refractivity contribution in [2.75, 3.05) is 27.7 Å². The molecule has 2 unspecified atom stereocenters. The zero-order chi connectivity index (χ0) is 14.9. The first-order valence-electron chi connectivity index (χ1n) is 4.68. The Morgan fingerprint density at radius 2 is 1.50 bits per heavy atom. The second kappa shape index (κ2) is 5.09. The first-order valence-corrected chi connectivity index (χ1v) is 7.69. The lowest BCUT2D eigenvalue weighted by Gasteiger charge is -2.29. The summed E-state index contributed by atoms with van der Waals surface area (Å²) >= 11 is 0. The van der Waals surface area contributed by atoms with Crippen LogP contribution in [0.25, 0.3) is 0 Å². The van der Waals surface area contributed by atoms with Crippen molar-refractivity contribution in [3.63, 3.8) is 0 Å². The molecular formula is C7H17N2O7S2+. The van der Waals surface area contributed by atoms with Crippen LogP contribution in [-0.2, 0) is 25.0 Å². The van der Waals surface area contributed by atoms with Gasteiger partial charge in [0.25, 0.3) is 20.2 Å². The number of quaternary nitrogens is 1. The third-order valence-electron chi connectivity index (χ3n) is 2.05. The Bertz CT molecular complexity index is 516. The van der Waals surface area contributed by atoms with E-state index in [4.69, 9.17) is 14.8 Å². The maximum absolute atomic E-state index is 11.2. The molecule has 0 heterocycles. The molecule has 108 valence electrons. The van der Waals surface area contributed by atoms with Gasteiger partial charge in [-0.15, -0.1) is 0 Å². The van der Waals surface area contributed by atoms with Gasteiger partial charge in [0.05, 0.1) is 27.7 Å². The molecule has 0 aliphatic rings. The molecule has 0 rings (SSSR count). The van der Waals surface area contributed by atoms with Gasteiger partial charge in [0, 0.05) is 0 Å². The van der Waals surface area contributed by atoms with E-state index in [9.17, 15) is 21.6 Å². The molecule has 9 nitrogen and oxygen atoms in total. The molecule has 2 atom stereocenters. The third kappa shape index (κ3) is 5.27. The largest absolute Gasteiger partial charge is 0.368 e. The molecule has 4 N–H and O–H groups in total. The number of carbonyl (C=O) groups is 1. The minimum absolute atomic E-state index is 0.0657. The lowest BCUT2D eigenvalue weighted by molar-refractivity contribution is -0.869. The van der Waals surface area contributed by atoms with Crippen LogP contribution in [0.15, 0.2) is 0 Å². The summed E-state index contributed by atoms with van der Waals surface area (Å²) in [6, 6.07) is 0. The molecule has 0 aromatic heterocycles. The van der Waals surface area contributed by atoms with Crippen molar-refractivity contribution in [1.82, 2.24) is 0 Å². The molecular weight excluding hydrogens is 288 g/mol. The van der Waals surface area contributed by atoms with E-state index >= 15 is 0 Å². The van der Waals surface area contributed by atoms with Crippen LogP contribution in [0.5, 0.6) is 0 Å². The normalized spacial score (nSPS) is 17.2. The highest BCUT2D eigenvalue weighted by atomic mass is 32.2. The van der Waals surface area contributed by atoms with Gasteiger partial charge in [-0.05, 0) is 0 Å². The molecule has 0 bridgehead atoms. The van der Waals surface area contributed by atoms with Gasteiger partial charge < -0.3 is 10.2 Å². The van der Waals surface area contributed by atoms with Crippen LogP contribution in [0.2, 0.25) is 0 Å². The van der Waals surface area contributed by atoms with Crippen molar-refractivity contribution in [3.05, 3.63) is 0 Å². The van der Waals surface area contributed by atoms with E-state index in [1.165, 1.54) is 21.1 Å². The van der Waals surface area contributed by atoms with Crippen molar-refractivity contribution in [2.24, 2.45) is 5.73 Å². The summed E-state index contributed by atoms with van der Waals surface area (Å²) in [6.07, 6.45) is 0.